The molecule has 3 rings (SSSR count). The van der Waals surface area contributed by atoms with Gasteiger partial charge >= 0.3 is 0 Å². The van der Waals surface area contributed by atoms with Gasteiger partial charge in [0.25, 0.3) is 0 Å². The van der Waals surface area contributed by atoms with Gasteiger partial charge < -0.3 is 15.4 Å². The number of thiazole rings is 1. The van der Waals surface area contributed by atoms with Crippen molar-refractivity contribution in [2.75, 3.05) is 23.8 Å². The molecule has 28 heavy (non-hydrogen) atoms. The van der Waals surface area contributed by atoms with Crippen LogP contribution in [-0.2, 0) is 11.2 Å². The summed E-state index contributed by atoms with van der Waals surface area (Å²) in [7, 11) is 0. The zero-order chi connectivity index (χ0) is 19.9. The molecule has 146 valence electrons. The van der Waals surface area contributed by atoms with E-state index in [-0.39, 0.29) is 12.5 Å². The van der Waals surface area contributed by atoms with E-state index in [1.807, 2.05) is 43.3 Å². The number of nitrogens with zero attached hydrogens (tertiary/aromatic N) is 1. The lowest BCUT2D eigenvalue weighted by molar-refractivity contribution is -0.114. The summed E-state index contributed by atoms with van der Waals surface area (Å²) >= 11 is 13.4. The van der Waals surface area contributed by atoms with E-state index < -0.39 is 0 Å². The lowest BCUT2D eigenvalue weighted by Gasteiger charge is -2.07. The van der Waals surface area contributed by atoms with E-state index in [1.165, 1.54) is 11.3 Å². The number of ether oxygens (including phenoxy) is 1. The van der Waals surface area contributed by atoms with Crippen LogP contribution in [0.1, 0.15) is 17.4 Å². The van der Waals surface area contributed by atoms with Crippen LogP contribution in [0.3, 0.4) is 0 Å². The molecule has 0 saturated heterocycles. The molecule has 1 heterocycles. The van der Waals surface area contributed by atoms with Crippen molar-refractivity contribution in [3.8, 4) is 5.75 Å². The van der Waals surface area contributed by atoms with Crippen LogP contribution in [0.5, 0.6) is 5.75 Å². The highest BCUT2D eigenvalue weighted by Crippen LogP contribution is 2.26. The van der Waals surface area contributed by atoms with E-state index in [4.69, 9.17) is 27.9 Å². The lowest BCUT2D eigenvalue weighted by Crippen LogP contribution is -2.21. The Bertz CT molecular complexity index is 945. The summed E-state index contributed by atoms with van der Waals surface area (Å²) in [6.45, 7) is 2.71. The first-order valence-corrected chi connectivity index (χ1v) is 10.3. The van der Waals surface area contributed by atoms with Gasteiger partial charge in [0.05, 0.1) is 23.2 Å². The van der Waals surface area contributed by atoms with Gasteiger partial charge in [0.1, 0.15) is 5.75 Å². The largest absolute Gasteiger partial charge is 0.494 e. The van der Waals surface area contributed by atoms with Crippen molar-refractivity contribution in [2.45, 2.75) is 13.3 Å². The molecule has 0 unspecified atom stereocenters. The third kappa shape index (κ3) is 5.86. The van der Waals surface area contributed by atoms with Crippen LogP contribution < -0.4 is 15.4 Å². The van der Waals surface area contributed by atoms with Gasteiger partial charge in [0.15, 0.2) is 5.13 Å². The van der Waals surface area contributed by atoms with Crippen molar-refractivity contribution < 1.29 is 9.53 Å². The van der Waals surface area contributed by atoms with E-state index in [9.17, 15) is 4.79 Å². The predicted molar refractivity (Wildman–Crippen MR) is 116 cm³/mol. The van der Waals surface area contributed by atoms with Crippen LogP contribution in [0.4, 0.5) is 10.8 Å². The molecular weight excluding hydrogens is 417 g/mol. The Balaban J connectivity index is 1.50. The van der Waals surface area contributed by atoms with Crippen molar-refractivity contribution in [3.63, 3.8) is 0 Å². The van der Waals surface area contributed by atoms with E-state index in [0.29, 0.717) is 28.2 Å². The third-order valence-electron chi connectivity index (χ3n) is 3.78. The zero-order valence-corrected chi connectivity index (χ0v) is 17.5. The first-order valence-electron chi connectivity index (χ1n) is 8.68. The SMILES string of the molecule is CCOc1ccc(NCC(=O)Nc2ncc(Cc3ccc(Cl)c(Cl)c3)s2)cc1. The predicted octanol–water partition coefficient (Wildman–Crippen LogP) is 5.49. The molecule has 0 bridgehead atoms. The van der Waals surface area contributed by atoms with E-state index >= 15 is 0 Å². The summed E-state index contributed by atoms with van der Waals surface area (Å²) in [5.41, 5.74) is 1.88. The fourth-order valence-electron chi connectivity index (χ4n) is 2.48. The second-order valence-corrected chi connectivity index (χ2v) is 7.85. The maximum absolute atomic E-state index is 12.1. The second kappa shape index (κ2) is 9.78. The van der Waals surface area contributed by atoms with Gasteiger partial charge in [-0.3, -0.25) is 4.79 Å². The maximum Gasteiger partial charge on any atom is 0.245 e. The Kier molecular flexibility index (Phi) is 7.14. The number of carbonyl (C=O) groups excluding carboxylic acids is 1. The molecule has 3 aromatic rings. The fourth-order valence-corrected chi connectivity index (χ4v) is 3.66. The standard InChI is InChI=1S/C20H19Cl2N3O2S/c1-2-27-15-6-4-14(5-7-15)23-12-19(26)25-20-24-11-16(28-20)9-13-3-8-17(21)18(22)10-13/h3-8,10-11,23H,2,9,12H2,1H3,(H,24,25,26). The molecule has 0 spiro atoms. The van der Waals surface area contributed by atoms with E-state index in [2.05, 4.69) is 15.6 Å². The molecule has 2 aromatic carbocycles. The molecule has 0 radical (unpaired) electrons. The number of rotatable bonds is 8. The van der Waals surface area contributed by atoms with E-state index in [1.54, 1.807) is 12.3 Å². The van der Waals surface area contributed by atoms with E-state index in [0.717, 1.165) is 21.9 Å². The lowest BCUT2D eigenvalue weighted by atomic mass is 10.1. The number of hydrogen-bond donors (Lipinski definition) is 2. The smallest absolute Gasteiger partial charge is 0.245 e. The van der Waals surface area contributed by atoms with Crippen LogP contribution in [0, 0.1) is 0 Å². The summed E-state index contributed by atoms with van der Waals surface area (Å²) < 4.78 is 5.39. The number of carbonyl (C=O) groups is 1. The number of benzene rings is 2. The van der Waals surface area contributed by atoms with Gasteiger partial charge in [-0.1, -0.05) is 29.3 Å². The van der Waals surface area contributed by atoms with Crippen LogP contribution in [0.25, 0.3) is 0 Å². The summed E-state index contributed by atoms with van der Waals surface area (Å²) in [5.74, 6) is 0.638. The molecule has 8 heteroatoms. The van der Waals surface area contributed by atoms with Crippen molar-refractivity contribution in [3.05, 3.63) is 69.1 Å². The zero-order valence-electron chi connectivity index (χ0n) is 15.2. The van der Waals surface area contributed by atoms with Crippen LogP contribution in [0.2, 0.25) is 10.0 Å². The molecule has 1 aromatic heterocycles. The minimum absolute atomic E-state index is 0.148. The summed E-state index contributed by atoms with van der Waals surface area (Å²) in [6, 6.07) is 13.0. The number of anilines is 2. The minimum Gasteiger partial charge on any atom is -0.494 e. The number of nitrogens with one attached hydrogen (secondary N) is 2. The highest BCUT2D eigenvalue weighted by molar-refractivity contribution is 7.15. The van der Waals surface area contributed by atoms with Crippen molar-refractivity contribution >= 4 is 51.3 Å². The molecule has 1 amide bonds. The van der Waals surface area contributed by atoms with Crippen LogP contribution in [-0.4, -0.2) is 24.0 Å². The molecule has 0 saturated carbocycles. The Morgan fingerprint density at radius 1 is 1.14 bits per heavy atom. The molecule has 0 atom stereocenters. The first kappa shape index (κ1) is 20.5. The first-order chi connectivity index (χ1) is 13.5. The van der Waals surface area contributed by atoms with Gasteiger partial charge in [0, 0.05) is 23.2 Å². The number of hydrogen-bond acceptors (Lipinski definition) is 5. The number of aromatic nitrogens is 1. The van der Waals surface area contributed by atoms with Gasteiger partial charge in [-0.05, 0) is 48.9 Å². The highest BCUT2D eigenvalue weighted by atomic mass is 35.5. The van der Waals surface area contributed by atoms with Gasteiger partial charge in [-0.25, -0.2) is 4.98 Å². The Morgan fingerprint density at radius 3 is 2.64 bits per heavy atom. The molecule has 0 aliphatic carbocycles. The Hall–Kier alpha value is -2.28. The Labute approximate surface area is 177 Å². The Morgan fingerprint density at radius 2 is 1.93 bits per heavy atom. The van der Waals surface area contributed by atoms with Gasteiger partial charge in [0.2, 0.25) is 5.91 Å². The van der Waals surface area contributed by atoms with Gasteiger partial charge in [-0.2, -0.15) is 0 Å². The molecule has 5 nitrogen and oxygen atoms in total. The fraction of sp³-hybridized carbons (Fsp3) is 0.200. The van der Waals surface area contributed by atoms with Crippen molar-refractivity contribution in [1.29, 1.82) is 0 Å². The summed E-state index contributed by atoms with van der Waals surface area (Å²) in [5, 5.41) is 7.50. The molecule has 0 aliphatic heterocycles. The van der Waals surface area contributed by atoms with Gasteiger partial charge in [-0.15, -0.1) is 11.3 Å². The number of amides is 1. The minimum atomic E-state index is -0.163. The second-order valence-electron chi connectivity index (χ2n) is 5.92. The molecule has 0 aliphatic rings. The highest BCUT2D eigenvalue weighted by Gasteiger charge is 2.08. The normalized spacial score (nSPS) is 10.5. The average Bonchev–Trinajstić information content (AvgIpc) is 3.11. The topological polar surface area (TPSA) is 63.2 Å². The average molecular weight is 436 g/mol. The summed E-state index contributed by atoms with van der Waals surface area (Å²) in [4.78, 5) is 17.4. The molecule has 0 fully saturated rings. The van der Waals surface area contributed by atoms with Crippen molar-refractivity contribution in [2.24, 2.45) is 0 Å². The number of halogens is 2. The van der Waals surface area contributed by atoms with Crippen LogP contribution in [0.15, 0.2) is 48.7 Å². The third-order valence-corrected chi connectivity index (χ3v) is 5.43. The quantitative estimate of drug-likeness (QED) is 0.490. The molecular formula is C20H19Cl2N3O2S. The monoisotopic (exact) mass is 435 g/mol. The maximum atomic E-state index is 12.1. The van der Waals surface area contributed by atoms with Crippen molar-refractivity contribution in [1.82, 2.24) is 4.98 Å². The molecule has 2 N–H and O–H groups in total. The van der Waals surface area contributed by atoms with Crippen LogP contribution >= 0.6 is 34.5 Å². The summed E-state index contributed by atoms with van der Waals surface area (Å²) in [6.07, 6.45) is 2.43.